The van der Waals surface area contributed by atoms with Gasteiger partial charge in [-0.2, -0.15) is 0 Å². The molecule has 0 aliphatic carbocycles. The lowest BCUT2D eigenvalue weighted by Gasteiger charge is -2.26. The average Bonchev–Trinajstić information content (AvgIpc) is 2.85. The van der Waals surface area contributed by atoms with E-state index in [0.29, 0.717) is 35.1 Å². The number of rotatable bonds is 9. The zero-order valence-electron chi connectivity index (χ0n) is 18.1. The molecule has 1 aromatic carbocycles. The van der Waals surface area contributed by atoms with Crippen molar-refractivity contribution >= 4 is 5.91 Å². The maximum absolute atomic E-state index is 13.2. The number of benzene rings is 1. The van der Waals surface area contributed by atoms with Gasteiger partial charge in [-0.3, -0.25) is 9.69 Å². The molecule has 0 spiro atoms. The van der Waals surface area contributed by atoms with Crippen molar-refractivity contribution in [3.8, 4) is 17.4 Å². The fraction of sp³-hybridized carbons (Fsp3) is 0.348. The van der Waals surface area contributed by atoms with E-state index >= 15 is 0 Å². The Morgan fingerprint density at radius 3 is 2.42 bits per heavy atom. The molecule has 0 unspecified atom stereocenters. The van der Waals surface area contributed by atoms with E-state index in [2.05, 4.69) is 30.2 Å². The number of halogens is 1. The Morgan fingerprint density at radius 1 is 1.03 bits per heavy atom. The molecule has 1 aliphatic rings. The molecule has 33 heavy (non-hydrogen) atoms. The minimum absolute atomic E-state index is 0.117. The quantitative estimate of drug-likeness (QED) is 0.523. The van der Waals surface area contributed by atoms with Crippen LogP contribution in [0.5, 0.6) is 5.75 Å². The van der Waals surface area contributed by atoms with Crippen molar-refractivity contribution in [2.75, 3.05) is 39.5 Å². The van der Waals surface area contributed by atoms with Gasteiger partial charge >= 0.3 is 0 Å². The third-order valence-electron chi connectivity index (χ3n) is 5.06. The number of carbonyl (C=O) groups excluding carboxylic acids is 1. The highest BCUT2D eigenvalue weighted by atomic mass is 19.1. The van der Waals surface area contributed by atoms with Crippen molar-refractivity contribution in [2.45, 2.75) is 13.0 Å². The summed E-state index contributed by atoms with van der Waals surface area (Å²) in [5, 5.41) is 2.76. The molecule has 0 saturated carbocycles. The maximum atomic E-state index is 13.2. The van der Waals surface area contributed by atoms with Crippen molar-refractivity contribution in [1.82, 2.24) is 30.2 Å². The van der Waals surface area contributed by atoms with Gasteiger partial charge in [0.1, 0.15) is 12.4 Å². The molecule has 9 nitrogen and oxygen atoms in total. The summed E-state index contributed by atoms with van der Waals surface area (Å²) < 4.78 is 24.3. The molecule has 1 aliphatic heterocycles. The van der Waals surface area contributed by atoms with Crippen LogP contribution in [0.1, 0.15) is 11.1 Å². The predicted octanol–water partition coefficient (Wildman–Crippen LogP) is 1.64. The minimum Gasteiger partial charge on any atom is -0.489 e. The molecule has 3 heterocycles. The first-order chi connectivity index (χ1) is 16.2. The summed E-state index contributed by atoms with van der Waals surface area (Å²) in [6.45, 7) is 4.99. The molecular weight excluding hydrogens is 427 g/mol. The molecule has 2 aromatic heterocycles. The topological polar surface area (TPSA) is 102 Å². The largest absolute Gasteiger partial charge is 0.489 e. The molecule has 1 fully saturated rings. The summed E-state index contributed by atoms with van der Waals surface area (Å²) in [5.41, 5.74) is 1.35. The van der Waals surface area contributed by atoms with Crippen molar-refractivity contribution < 1.29 is 18.7 Å². The van der Waals surface area contributed by atoms with E-state index in [1.54, 1.807) is 36.9 Å². The summed E-state index contributed by atoms with van der Waals surface area (Å²) in [5.74, 6) is 0.779. The summed E-state index contributed by atoms with van der Waals surface area (Å²) >= 11 is 0. The van der Waals surface area contributed by atoms with Crippen LogP contribution in [0.25, 0.3) is 11.6 Å². The average molecular weight is 452 g/mol. The third kappa shape index (κ3) is 6.99. The number of amides is 1. The van der Waals surface area contributed by atoms with E-state index in [1.807, 2.05) is 0 Å². The molecule has 1 amide bonds. The normalized spacial score (nSPS) is 14.1. The Bertz CT molecular complexity index is 1040. The number of nitrogens with one attached hydrogen (secondary N) is 1. The second-order valence-corrected chi connectivity index (χ2v) is 7.54. The van der Waals surface area contributed by atoms with Crippen LogP contribution in [0.15, 0.2) is 49.1 Å². The molecule has 0 atom stereocenters. The number of carbonyl (C=O) groups is 1. The van der Waals surface area contributed by atoms with E-state index in [0.717, 1.165) is 32.8 Å². The van der Waals surface area contributed by atoms with Gasteiger partial charge in [0.25, 0.3) is 0 Å². The molecule has 0 bridgehead atoms. The molecule has 1 saturated heterocycles. The van der Waals surface area contributed by atoms with Gasteiger partial charge in [-0.15, -0.1) is 0 Å². The molecule has 1 N–H and O–H groups in total. The fourth-order valence-corrected chi connectivity index (χ4v) is 3.28. The molecule has 0 radical (unpaired) electrons. The highest BCUT2D eigenvalue weighted by Crippen LogP contribution is 2.13. The van der Waals surface area contributed by atoms with Crippen molar-refractivity contribution in [2.24, 2.45) is 0 Å². The number of hydrogen-bond acceptors (Lipinski definition) is 8. The first-order valence-corrected chi connectivity index (χ1v) is 10.7. The lowest BCUT2D eigenvalue weighted by molar-refractivity contribution is -0.120. The minimum atomic E-state index is -0.333. The van der Waals surface area contributed by atoms with Crippen LogP contribution < -0.4 is 10.1 Å². The first kappa shape index (κ1) is 22.7. The van der Waals surface area contributed by atoms with E-state index < -0.39 is 0 Å². The van der Waals surface area contributed by atoms with E-state index in [4.69, 9.17) is 9.47 Å². The maximum Gasteiger partial charge on any atom is 0.224 e. The second kappa shape index (κ2) is 11.4. The Kier molecular flexibility index (Phi) is 7.83. The van der Waals surface area contributed by atoms with E-state index in [1.165, 1.54) is 12.1 Å². The van der Waals surface area contributed by atoms with Gasteiger partial charge < -0.3 is 14.8 Å². The Balaban J connectivity index is 1.23. The summed E-state index contributed by atoms with van der Waals surface area (Å²) in [7, 11) is 0. The molecule has 10 heteroatoms. The second-order valence-electron chi connectivity index (χ2n) is 7.54. The highest BCUT2D eigenvalue weighted by molar-refractivity contribution is 5.78. The van der Waals surface area contributed by atoms with Crippen molar-refractivity contribution in [1.29, 1.82) is 0 Å². The highest BCUT2D eigenvalue weighted by Gasteiger charge is 2.11. The number of morpholine rings is 1. The van der Waals surface area contributed by atoms with Gasteiger partial charge in [0.05, 0.1) is 32.0 Å². The van der Waals surface area contributed by atoms with Gasteiger partial charge in [0, 0.05) is 38.6 Å². The van der Waals surface area contributed by atoms with Gasteiger partial charge in [0.2, 0.25) is 5.91 Å². The van der Waals surface area contributed by atoms with Crippen molar-refractivity contribution in [3.63, 3.8) is 0 Å². The molecular formula is C23H25FN6O3. The van der Waals surface area contributed by atoms with Gasteiger partial charge in [-0.25, -0.2) is 24.3 Å². The zero-order chi connectivity index (χ0) is 22.9. The molecule has 3 aromatic rings. The van der Waals surface area contributed by atoms with Crippen LogP contribution in [-0.2, 0) is 22.5 Å². The van der Waals surface area contributed by atoms with Gasteiger partial charge in [0.15, 0.2) is 17.4 Å². The fourth-order valence-electron chi connectivity index (χ4n) is 3.28. The summed E-state index contributed by atoms with van der Waals surface area (Å²) in [6.07, 6.45) is 6.45. The van der Waals surface area contributed by atoms with Crippen LogP contribution in [0, 0.1) is 5.82 Å². The Hall–Kier alpha value is -3.50. The third-order valence-corrected chi connectivity index (χ3v) is 5.06. The monoisotopic (exact) mass is 452 g/mol. The van der Waals surface area contributed by atoms with Crippen LogP contribution in [0.2, 0.25) is 0 Å². The Morgan fingerprint density at radius 2 is 1.73 bits per heavy atom. The number of nitrogens with zero attached hydrogens (tertiary/aromatic N) is 5. The zero-order valence-corrected chi connectivity index (χ0v) is 18.1. The SMILES string of the molecule is O=C(Cc1cnc(-c2ncc(OCCN3CCOCC3)cn2)nc1)NCc1cccc(F)c1. The lowest BCUT2D eigenvalue weighted by atomic mass is 10.2. The smallest absolute Gasteiger partial charge is 0.224 e. The van der Waals surface area contributed by atoms with Crippen LogP contribution >= 0.6 is 0 Å². The van der Waals surface area contributed by atoms with Crippen LogP contribution in [0.3, 0.4) is 0 Å². The van der Waals surface area contributed by atoms with E-state index in [9.17, 15) is 9.18 Å². The standard InChI is InChI=1S/C23H25FN6O3/c24-19-3-1-2-17(10-19)12-25-21(31)11-18-13-26-22(27-14-18)23-28-15-20(16-29-23)33-9-6-30-4-7-32-8-5-30/h1-3,10,13-16H,4-9,11-12H2,(H,25,31). The first-order valence-electron chi connectivity index (χ1n) is 10.7. The predicted molar refractivity (Wildman–Crippen MR) is 118 cm³/mol. The number of hydrogen-bond donors (Lipinski definition) is 1. The number of aromatic nitrogens is 4. The van der Waals surface area contributed by atoms with Gasteiger partial charge in [-0.1, -0.05) is 12.1 Å². The van der Waals surface area contributed by atoms with Crippen LogP contribution in [0.4, 0.5) is 4.39 Å². The lowest BCUT2D eigenvalue weighted by Crippen LogP contribution is -2.38. The summed E-state index contributed by atoms with van der Waals surface area (Å²) in [4.78, 5) is 31.5. The Labute approximate surface area is 191 Å². The van der Waals surface area contributed by atoms with Gasteiger partial charge in [-0.05, 0) is 23.3 Å². The van der Waals surface area contributed by atoms with Crippen LogP contribution in [-0.4, -0.2) is 70.2 Å². The van der Waals surface area contributed by atoms with E-state index in [-0.39, 0.29) is 24.7 Å². The van der Waals surface area contributed by atoms with Crippen molar-refractivity contribution in [3.05, 3.63) is 66.0 Å². The number of ether oxygens (including phenoxy) is 2. The summed E-state index contributed by atoms with van der Waals surface area (Å²) in [6, 6.07) is 6.11. The molecule has 4 rings (SSSR count). The molecule has 172 valence electrons.